The number of phosphoric ester groups is 1. The third kappa shape index (κ3) is 58.9. The molecule has 0 aliphatic heterocycles. The van der Waals surface area contributed by atoms with Gasteiger partial charge in [-0.25, -0.2) is 0 Å². The third-order valence-corrected chi connectivity index (χ3v) is 14.4. The first-order chi connectivity index (χ1) is 38.4. The number of nitrogens with zero attached hydrogens (tertiary/aromatic N) is 1. The van der Waals surface area contributed by atoms with Crippen molar-refractivity contribution in [1.29, 1.82) is 0 Å². The van der Waals surface area contributed by atoms with E-state index in [2.05, 4.69) is 123 Å². The average Bonchev–Trinajstić information content (AvgIpc) is 3.41. The zero-order valence-electron chi connectivity index (χ0n) is 51.5. The Hall–Kier alpha value is -3.59. The summed E-state index contributed by atoms with van der Waals surface area (Å²) in [5.74, 6) is -0.650. The van der Waals surface area contributed by atoms with Gasteiger partial charge in [-0.05, 0) is 109 Å². The number of unbranched alkanes of at least 4 members (excludes halogenated alkanes) is 22. The lowest BCUT2D eigenvalue weighted by Gasteiger charge is -2.30. The normalized spacial score (nSPS) is 14.5. The number of quaternary nitrogens is 1. The van der Waals surface area contributed by atoms with Crippen LogP contribution in [0.25, 0.3) is 0 Å². The minimum absolute atomic E-state index is 0.0404. The van der Waals surface area contributed by atoms with Crippen molar-refractivity contribution in [2.45, 2.75) is 264 Å². The summed E-state index contributed by atoms with van der Waals surface area (Å²) in [5, 5.41) is 3.01. The van der Waals surface area contributed by atoms with Crippen LogP contribution < -0.4 is 10.2 Å². The second-order valence-electron chi connectivity index (χ2n) is 22.2. The Morgan fingerprint density at radius 2 is 0.823 bits per heavy atom. The lowest BCUT2D eigenvalue weighted by molar-refractivity contribution is -0.870. The fraction of sp³-hybridized carbons (Fsp3) is 0.681. The van der Waals surface area contributed by atoms with Crippen molar-refractivity contribution in [2.24, 2.45) is 0 Å². The van der Waals surface area contributed by atoms with Gasteiger partial charge in [-0.3, -0.25) is 14.2 Å². The smallest absolute Gasteiger partial charge is 0.306 e. The molecule has 452 valence electrons. The van der Waals surface area contributed by atoms with Crippen LogP contribution in [0, 0.1) is 0 Å². The Morgan fingerprint density at radius 3 is 1.27 bits per heavy atom. The van der Waals surface area contributed by atoms with Crippen LogP contribution in [0.4, 0.5) is 0 Å². The molecule has 1 amide bonds. The number of amides is 1. The third-order valence-electron chi connectivity index (χ3n) is 13.4. The van der Waals surface area contributed by atoms with E-state index in [1.165, 1.54) is 109 Å². The summed E-state index contributed by atoms with van der Waals surface area (Å²) in [5.41, 5.74) is 0. The van der Waals surface area contributed by atoms with Crippen molar-refractivity contribution in [3.63, 3.8) is 0 Å². The molecule has 0 saturated carbocycles. The Kier molecular flexibility index (Phi) is 55.0. The number of hydrogen-bond donors (Lipinski definition) is 1. The van der Waals surface area contributed by atoms with Crippen LogP contribution >= 0.6 is 7.82 Å². The fourth-order valence-corrected chi connectivity index (χ4v) is 9.22. The van der Waals surface area contributed by atoms with Gasteiger partial charge in [-0.1, -0.05) is 252 Å². The lowest BCUT2D eigenvalue weighted by atomic mass is 10.0. The number of nitrogens with one attached hydrogen (secondary N) is 1. The fourth-order valence-electron chi connectivity index (χ4n) is 8.50. The van der Waals surface area contributed by atoms with Crippen molar-refractivity contribution < 1.29 is 37.3 Å². The highest BCUT2D eigenvalue weighted by Gasteiger charge is 2.27. The number of carbonyl (C=O) groups excluding carboxylic acids is 2. The van der Waals surface area contributed by atoms with Gasteiger partial charge >= 0.3 is 5.97 Å². The molecule has 1 N–H and O–H groups in total. The molecule has 0 heterocycles. The standard InChI is InChI=1S/C69H119N2O7P/c1-7-10-13-16-19-22-25-27-29-31-33-34-35-36-38-39-41-43-46-49-52-55-58-61-68(72)70-66(65-77-79(74,75)76-64-63-71(4,5)6)67(60-57-54-51-48-45-24-21-18-15-12-9-3)78-69(73)62-59-56-53-50-47-44-42-40-37-32-30-28-26-23-20-17-14-11-8-2/h11,14,19-20,22-23,27-30,33-34,37,40,44,47,53,56-57,60,66-67H,7-10,12-13,15-18,21,24-26,31-32,35-36,38-39,41-43,45-46,48-52,54-55,58-59,61-65H2,1-6H3,(H-,70,72,74,75)/b14-11-,22-19-,23-20-,29-27-,30-28-,34-33-,40-37-,47-44-,56-53-,60-57-. The Morgan fingerprint density at radius 1 is 0.456 bits per heavy atom. The van der Waals surface area contributed by atoms with E-state index >= 15 is 0 Å². The summed E-state index contributed by atoms with van der Waals surface area (Å²) in [7, 11) is 1.13. The van der Waals surface area contributed by atoms with Crippen LogP contribution in [0.3, 0.4) is 0 Å². The maximum atomic E-state index is 13.5. The van der Waals surface area contributed by atoms with Crippen LogP contribution in [-0.2, 0) is 27.9 Å². The molecule has 0 fully saturated rings. The second kappa shape index (κ2) is 57.6. The van der Waals surface area contributed by atoms with E-state index < -0.39 is 32.5 Å². The molecular weight excluding hydrogens is 1000 g/mol. The number of carbonyl (C=O) groups is 2. The summed E-state index contributed by atoms with van der Waals surface area (Å²) < 4.78 is 30.2. The van der Waals surface area contributed by atoms with Gasteiger partial charge < -0.3 is 28.5 Å². The summed E-state index contributed by atoms with van der Waals surface area (Å²) in [6.07, 6.45) is 80.4. The first kappa shape index (κ1) is 75.4. The Labute approximate surface area is 486 Å². The van der Waals surface area contributed by atoms with Crippen molar-refractivity contribution in [1.82, 2.24) is 5.32 Å². The number of esters is 1. The highest BCUT2D eigenvalue weighted by atomic mass is 31.2. The molecule has 10 heteroatoms. The van der Waals surface area contributed by atoms with Crippen molar-refractivity contribution in [2.75, 3.05) is 40.9 Å². The largest absolute Gasteiger partial charge is 0.756 e. The maximum Gasteiger partial charge on any atom is 0.306 e. The zero-order valence-corrected chi connectivity index (χ0v) is 52.4. The minimum Gasteiger partial charge on any atom is -0.756 e. The van der Waals surface area contributed by atoms with Crippen LogP contribution in [-0.4, -0.2) is 69.4 Å². The summed E-state index contributed by atoms with van der Waals surface area (Å²) in [4.78, 5) is 40.0. The predicted molar refractivity (Wildman–Crippen MR) is 339 cm³/mol. The van der Waals surface area contributed by atoms with Crippen LogP contribution in [0.1, 0.15) is 252 Å². The number of likely N-dealkylation sites (N-methyl/N-ethyl adjacent to an activating group) is 1. The Balaban J connectivity index is 5.28. The van der Waals surface area contributed by atoms with E-state index in [1.807, 2.05) is 39.4 Å². The first-order valence-electron chi connectivity index (χ1n) is 31.8. The van der Waals surface area contributed by atoms with Gasteiger partial charge in [0.05, 0.1) is 33.8 Å². The monoisotopic (exact) mass is 1120 g/mol. The highest BCUT2D eigenvalue weighted by molar-refractivity contribution is 7.45. The van der Waals surface area contributed by atoms with E-state index in [9.17, 15) is 19.0 Å². The van der Waals surface area contributed by atoms with Gasteiger partial charge in [-0.2, -0.15) is 0 Å². The quantitative estimate of drug-likeness (QED) is 0.0212. The molecule has 0 aromatic carbocycles. The summed E-state index contributed by atoms with van der Waals surface area (Å²) in [6.45, 7) is 6.63. The number of hydrogen-bond acceptors (Lipinski definition) is 7. The lowest BCUT2D eigenvalue weighted by Crippen LogP contribution is -2.47. The first-order valence-corrected chi connectivity index (χ1v) is 33.3. The molecule has 0 bridgehead atoms. The molecule has 3 unspecified atom stereocenters. The summed E-state index contributed by atoms with van der Waals surface area (Å²) in [6, 6.07) is -0.929. The highest BCUT2D eigenvalue weighted by Crippen LogP contribution is 2.38. The van der Waals surface area contributed by atoms with E-state index in [-0.39, 0.29) is 25.4 Å². The molecule has 9 nitrogen and oxygen atoms in total. The van der Waals surface area contributed by atoms with Gasteiger partial charge in [0.25, 0.3) is 7.82 Å². The molecule has 79 heavy (non-hydrogen) atoms. The maximum absolute atomic E-state index is 13.5. The SMILES string of the molecule is CC/C=C\C/C=C\C/C=C\C/C=C\C/C=C\C/C=C\CCC(=O)OC(/C=C\CCCCCCCCCCC)C(COP(=O)([O-])OCC[N+](C)(C)C)NC(=O)CCCCCCCCCCCC/C=C\C/C=C\C/C=C\CCCCC. The van der Waals surface area contributed by atoms with Crippen LogP contribution in [0.5, 0.6) is 0 Å². The number of allylic oxidation sites excluding steroid dienone is 19. The molecule has 0 radical (unpaired) electrons. The molecule has 0 aromatic heterocycles. The van der Waals surface area contributed by atoms with E-state index in [0.717, 1.165) is 103 Å². The van der Waals surface area contributed by atoms with E-state index in [4.69, 9.17) is 13.8 Å². The van der Waals surface area contributed by atoms with Gasteiger partial charge in [-0.15, -0.1) is 0 Å². The molecule has 3 atom stereocenters. The molecule has 0 spiro atoms. The average molecular weight is 1120 g/mol. The van der Waals surface area contributed by atoms with Gasteiger partial charge in [0, 0.05) is 12.8 Å². The second-order valence-corrected chi connectivity index (χ2v) is 23.6. The predicted octanol–water partition coefficient (Wildman–Crippen LogP) is 19.3. The molecule has 0 aromatic rings. The van der Waals surface area contributed by atoms with Gasteiger partial charge in [0.15, 0.2) is 0 Å². The topological polar surface area (TPSA) is 114 Å². The molecule has 0 aliphatic rings. The van der Waals surface area contributed by atoms with Crippen molar-refractivity contribution in [3.8, 4) is 0 Å². The van der Waals surface area contributed by atoms with E-state index in [0.29, 0.717) is 17.4 Å². The van der Waals surface area contributed by atoms with Crippen LogP contribution in [0.2, 0.25) is 0 Å². The Bertz CT molecular complexity index is 1770. The van der Waals surface area contributed by atoms with Crippen molar-refractivity contribution >= 4 is 19.7 Å². The number of ether oxygens (including phenoxy) is 1. The number of rotatable bonds is 56. The zero-order chi connectivity index (χ0) is 57.9. The molecule has 0 rings (SSSR count). The van der Waals surface area contributed by atoms with Crippen molar-refractivity contribution in [3.05, 3.63) is 122 Å². The van der Waals surface area contributed by atoms with Gasteiger partial charge in [0.1, 0.15) is 19.3 Å². The van der Waals surface area contributed by atoms with Gasteiger partial charge in [0.2, 0.25) is 5.91 Å². The summed E-state index contributed by atoms with van der Waals surface area (Å²) >= 11 is 0. The number of phosphoric acid groups is 1. The molecular formula is C69H119N2O7P. The molecule has 0 aliphatic carbocycles. The minimum atomic E-state index is -4.72. The molecule has 0 saturated heterocycles. The van der Waals surface area contributed by atoms with E-state index in [1.54, 1.807) is 6.08 Å². The van der Waals surface area contributed by atoms with Crippen LogP contribution in [0.15, 0.2) is 122 Å².